The molecule has 0 spiro atoms. The maximum absolute atomic E-state index is 12.2. The lowest BCUT2D eigenvalue weighted by atomic mass is 9.88. The van der Waals surface area contributed by atoms with Gasteiger partial charge in [-0.15, -0.1) is 0 Å². The number of likely N-dealkylation sites (tertiary alicyclic amines) is 1. The van der Waals surface area contributed by atoms with Gasteiger partial charge in [-0.1, -0.05) is 24.3 Å². The van der Waals surface area contributed by atoms with E-state index in [2.05, 4.69) is 29.2 Å². The minimum atomic E-state index is 0.0905. The van der Waals surface area contributed by atoms with Crippen LogP contribution in [0.15, 0.2) is 48.5 Å². The second kappa shape index (κ2) is 11.2. The fraction of sp³-hybridized carbons (Fsp3) is 0.480. The van der Waals surface area contributed by atoms with E-state index in [0.29, 0.717) is 25.0 Å². The lowest BCUT2D eigenvalue weighted by molar-refractivity contribution is -0.130. The average Bonchev–Trinajstić information content (AvgIpc) is 3.18. The SMILES string of the molecule is COCCN(C[C@@H]1CN(Cc2cccc(OC)c2)C[C@@H]1c1cccc(OC)c1)C(C)=O. The van der Waals surface area contributed by atoms with Crippen LogP contribution in [0.25, 0.3) is 0 Å². The Morgan fingerprint density at radius 2 is 1.74 bits per heavy atom. The predicted molar refractivity (Wildman–Crippen MR) is 122 cm³/mol. The number of ether oxygens (including phenoxy) is 3. The molecule has 0 radical (unpaired) electrons. The topological polar surface area (TPSA) is 51.2 Å². The van der Waals surface area contributed by atoms with E-state index in [0.717, 1.165) is 37.7 Å². The molecule has 0 saturated carbocycles. The van der Waals surface area contributed by atoms with Gasteiger partial charge in [-0.3, -0.25) is 9.69 Å². The van der Waals surface area contributed by atoms with E-state index in [1.165, 1.54) is 11.1 Å². The second-order valence-electron chi connectivity index (χ2n) is 8.15. The Morgan fingerprint density at radius 1 is 1.03 bits per heavy atom. The van der Waals surface area contributed by atoms with Gasteiger partial charge in [0.2, 0.25) is 5.91 Å². The molecule has 0 aliphatic carbocycles. The van der Waals surface area contributed by atoms with Gasteiger partial charge in [0.05, 0.1) is 20.8 Å². The number of nitrogens with zero attached hydrogens (tertiary/aromatic N) is 2. The monoisotopic (exact) mass is 426 g/mol. The molecule has 0 N–H and O–H groups in total. The summed E-state index contributed by atoms with van der Waals surface area (Å²) in [6.45, 7) is 6.23. The van der Waals surface area contributed by atoms with Crippen LogP contribution >= 0.6 is 0 Å². The Kier molecular flexibility index (Phi) is 8.32. The molecule has 0 aromatic heterocycles. The highest BCUT2D eigenvalue weighted by atomic mass is 16.5. The summed E-state index contributed by atoms with van der Waals surface area (Å²) in [5.41, 5.74) is 2.49. The Labute approximate surface area is 185 Å². The molecule has 1 fully saturated rings. The van der Waals surface area contributed by atoms with Crippen molar-refractivity contribution in [3.05, 3.63) is 59.7 Å². The molecule has 2 atom stereocenters. The Morgan fingerprint density at radius 3 is 2.42 bits per heavy atom. The number of carbonyl (C=O) groups is 1. The summed E-state index contributed by atoms with van der Waals surface area (Å²) in [6.07, 6.45) is 0. The third kappa shape index (κ3) is 6.21. The number of rotatable bonds is 10. The van der Waals surface area contributed by atoms with Crippen LogP contribution in [0.4, 0.5) is 0 Å². The zero-order chi connectivity index (χ0) is 22.2. The standard InChI is InChI=1S/C25H34N2O4/c1-19(28)27(11-12-29-2)17-22-16-26(15-20-7-5-9-23(13-20)30-3)18-25(22)21-8-6-10-24(14-21)31-4/h5-10,13-14,22,25H,11-12,15-18H2,1-4H3/t22-,25+/m0/s1. The Balaban J connectivity index is 1.80. The molecule has 3 rings (SSSR count). The highest BCUT2D eigenvalue weighted by Crippen LogP contribution is 2.35. The minimum absolute atomic E-state index is 0.0905. The van der Waals surface area contributed by atoms with Crippen molar-refractivity contribution in [2.45, 2.75) is 19.4 Å². The highest BCUT2D eigenvalue weighted by Gasteiger charge is 2.35. The molecule has 2 aromatic rings. The maximum Gasteiger partial charge on any atom is 0.219 e. The summed E-state index contributed by atoms with van der Waals surface area (Å²) < 4.78 is 16.1. The summed E-state index contributed by atoms with van der Waals surface area (Å²) in [5.74, 6) is 2.49. The number of carbonyl (C=O) groups excluding carboxylic acids is 1. The van der Waals surface area contributed by atoms with Crippen LogP contribution in [-0.2, 0) is 16.1 Å². The molecule has 6 nitrogen and oxygen atoms in total. The Hall–Kier alpha value is -2.57. The molecule has 0 bridgehead atoms. The van der Waals surface area contributed by atoms with Crippen molar-refractivity contribution in [3.63, 3.8) is 0 Å². The van der Waals surface area contributed by atoms with E-state index in [4.69, 9.17) is 14.2 Å². The summed E-state index contributed by atoms with van der Waals surface area (Å²) >= 11 is 0. The summed E-state index contributed by atoms with van der Waals surface area (Å²) in [6, 6.07) is 16.5. The Bertz CT molecular complexity index is 857. The van der Waals surface area contributed by atoms with Crippen molar-refractivity contribution in [1.82, 2.24) is 9.80 Å². The van der Waals surface area contributed by atoms with E-state index in [-0.39, 0.29) is 5.91 Å². The van der Waals surface area contributed by atoms with Gasteiger partial charge in [0.15, 0.2) is 0 Å². The first kappa shape index (κ1) is 23.1. The van der Waals surface area contributed by atoms with Gasteiger partial charge in [0.1, 0.15) is 11.5 Å². The van der Waals surface area contributed by atoms with Gasteiger partial charge in [-0.05, 0) is 41.3 Å². The van der Waals surface area contributed by atoms with Gasteiger partial charge in [0.25, 0.3) is 0 Å². The van der Waals surface area contributed by atoms with Crippen LogP contribution in [0.5, 0.6) is 11.5 Å². The lowest BCUT2D eigenvalue weighted by Gasteiger charge is -2.27. The van der Waals surface area contributed by atoms with Gasteiger partial charge in [0, 0.05) is 52.7 Å². The summed E-state index contributed by atoms with van der Waals surface area (Å²) in [4.78, 5) is 16.6. The van der Waals surface area contributed by atoms with Crippen LogP contribution in [0.2, 0.25) is 0 Å². The zero-order valence-electron chi connectivity index (χ0n) is 19.0. The number of benzene rings is 2. The zero-order valence-corrected chi connectivity index (χ0v) is 19.0. The molecule has 1 amide bonds. The van der Waals surface area contributed by atoms with E-state index in [1.807, 2.05) is 29.2 Å². The normalized spacial score (nSPS) is 18.7. The molecular formula is C25H34N2O4. The summed E-state index contributed by atoms with van der Waals surface area (Å²) in [5, 5.41) is 0. The van der Waals surface area contributed by atoms with Crippen molar-refractivity contribution >= 4 is 5.91 Å². The first-order valence-corrected chi connectivity index (χ1v) is 10.8. The lowest BCUT2D eigenvalue weighted by Crippen LogP contribution is -2.38. The van der Waals surface area contributed by atoms with E-state index in [9.17, 15) is 4.79 Å². The molecule has 2 aromatic carbocycles. The number of amides is 1. The second-order valence-corrected chi connectivity index (χ2v) is 8.15. The first-order chi connectivity index (χ1) is 15.0. The van der Waals surface area contributed by atoms with Crippen molar-refractivity contribution in [1.29, 1.82) is 0 Å². The summed E-state index contributed by atoms with van der Waals surface area (Å²) in [7, 11) is 5.06. The first-order valence-electron chi connectivity index (χ1n) is 10.8. The molecular weight excluding hydrogens is 392 g/mol. The van der Waals surface area contributed by atoms with Crippen LogP contribution in [0.1, 0.15) is 24.0 Å². The highest BCUT2D eigenvalue weighted by molar-refractivity contribution is 5.73. The van der Waals surface area contributed by atoms with E-state index in [1.54, 1.807) is 28.3 Å². The van der Waals surface area contributed by atoms with Crippen molar-refractivity contribution in [2.24, 2.45) is 5.92 Å². The van der Waals surface area contributed by atoms with E-state index < -0.39 is 0 Å². The number of hydrogen-bond acceptors (Lipinski definition) is 5. The molecule has 6 heteroatoms. The third-order valence-corrected chi connectivity index (χ3v) is 6.04. The molecule has 1 aliphatic rings. The fourth-order valence-corrected chi connectivity index (χ4v) is 4.42. The minimum Gasteiger partial charge on any atom is -0.497 e. The molecule has 1 saturated heterocycles. The van der Waals surface area contributed by atoms with Crippen molar-refractivity contribution in [3.8, 4) is 11.5 Å². The molecule has 1 heterocycles. The molecule has 168 valence electrons. The number of methoxy groups -OCH3 is 3. The smallest absolute Gasteiger partial charge is 0.219 e. The molecule has 0 unspecified atom stereocenters. The largest absolute Gasteiger partial charge is 0.497 e. The van der Waals surface area contributed by atoms with Crippen LogP contribution in [0.3, 0.4) is 0 Å². The average molecular weight is 427 g/mol. The molecule has 1 aliphatic heterocycles. The van der Waals surface area contributed by atoms with Crippen LogP contribution in [-0.4, -0.2) is 69.8 Å². The van der Waals surface area contributed by atoms with Crippen LogP contribution < -0.4 is 9.47 Å². The number of hydrogen-bond donors (Lipinski definition) is 0. The maximum atomic E-state index is 12.2. The van der Waals surface area contributed by atoms with Gasteiger partial charge in [-0.2, -0.15) is 0 Å². The fourth-order valence-electron chi connectivity index (χ4n) is 4.42. The van der Waals surface area contributed by atoms with Crippen LogP contribution in [0, 0.1) is 5.92 Å². The van der Waals surface area contributed by atoms with Gasteiger partial charge in [-0.25, -0.2) is 0 Å². The van der Waals surface area contributed by atoms with Crippen molar-refractivity contribution in [2.75, 3.05) is 54.1 Å². The quantitative estimate of drug-likeness (QED) is 0.583. The third-order valence-electron chi connectivity index (χ3n) is 6.04. The molecule has 31 heavy (non-hydrogen) atoms. The van der Waals surface area contributed by atoms with E-state index >= 15 is 0 Å². The predicted octanol–water partition coefficient (Wildman–Crippen LogP) is 3.41. The van der Waals surface area contributed by atoms with Gasteiger partial charge >= 0.3 is 0 Å². The van der Waals surface area contributed by atoms with Crippen molar-refractivity contribution < 1.29 is 19.0 Å². The van der Waals surface area contributed by atoms with Gasteiger partial charge < -0.3 is 19.1 Å².